The average molecular weight is 310 g/mol. The molecule has 0 spiro atoms. The number of nitrogens with one attached hydrogen (secondary N) is 1. The van der Waals surface area contributed by atoms with Crippen molar-refractivity contribution < 1.29 is 4.79 Å². The van der Waals surface area contributed by atoms with Crippen LogP contribution in [0.1, 0.15) is 16.1 Å². The van der Waals surface area contributed by atoms with E-state index in [1.165, 1.54) is 0 Å². The average Bonchev–Trinajstić information content (AvgIpc) is 3.14. The maximum absolute atomic E-state index is 12.1. The Labute approximate surface area is 133 Å². The predicted molar refractivity (Wildman–Crippen MR) is 85.7 cm³/mol. The number of hydrogen-bond donors (Lipinski definition) is 1. The van der Waals surface area contributed by atoms with Crippen molar-refractivity contribution in [1.82, 2.24) is 30.1 Å². The minimum absolute atomic E-state index is 0.175. The molecule has 0 atom stereocenters. The Balaban J connectivity index is 1.56. The first kappa shape index (κ1) is 15.0. The monoisotopic (exact) mass is 310 g/mol. The van der Waals surface area contributed by atoms with Gasteiger partial charge in [-0.15, -0.1) is 5.10 Å². The minimum Gasteiger partial charge on any atom is -0.349 e. The molecule has 0 aliphatic rings. The first-order valence-corrected chi connectivity index (χ1v) is 7.37. The number of carbonyl (C=O) groups excluding carboxylic acids is 1. The molecule has 0 radical (unpaired) electrons. The fraction of sp³-hybridized carbons (Fsp3) is 0.250. The van der Waals surface area contributed by atoms with Gasteiger partial charge < -0.3 is 5.32 Å². The topological polar surface area (TPSA) is 77.6 Å². The lowest BCUT2D eigenvalue weighted by atomic mass is 10.2. The molecule has 2 heterocycles. The molecule has 7 heteroatoms. The summed E-state index contributed by atoms with van der Waals surface area (Å²) in [6, 6.07) is 9.86. The molecule has 0 saturated carbocycles. The molecule has 3 rings (SSSR count). The number of benzene rings is 1. The zero-order valence-electron chi connectivity index (χ0n) is 13.1. The zero-order chi connectivity index (χ0) is 16.2. The van der Waals surface area contributed by atoms with Gasteiger partial charge >= 0.3 is 0 Å². The normalized spacial score (nSPS) is 10.7. The van der Waals surface area contributed by atoms with E-state index in [4.69, 9.17) is 0 Å². The van der Waals surface area contributed by atoms with E-state index >= 15 is 0 Å². The third-order valence-corrected chi connectivity index (χ3v) is 3.46. The van der Waals surface area contributed by atoms with Gasteiger partial charge in [0.05, 0.1) is 12.7 Å². The molecule has 7 nitrogen and oxygen atoms in total. The Morgan fingerprint density at radius 3 is 2.70 bits per heavy atom. The van der Waals surface area contributed by atoms with Gasteiger partial charge in [-0.25, -0.2) is 0 Å². The van der Waals surface area contributed by atoms with Crippen LogP contribution in [-0.2, 0) is 13.6 Å². The molecule has 1 amide bonds. The summed E-state index contributed by atoms with van der Waals surface area (Å²) in [4.78, 5) is 12.1. The lowest BCUT2D eigenvalue weighted by Gasteiger charge is -2.03. The summed E-state index contributed by atoms with van der Waals surface area (Å²) in [6.45, 7) is 2.88. The standard InChI is InChI=1S/C16H18N6O/c1-12-10-21(2)19-15(12)16(23)17-8-9-22-11-14(18-20-22)13-6-4-3-5-7-13/h3-7,10-11H,8-9H2,1-2H3,(H,17,23). The van der Waals surface area contributed by atoms with Gasteiger partial charge in [-0.3, -0.25) is 14.2 Å². The molecule has 2 aromatic heterocycles. The lowest BCUT2D eigenvalue weighted by Crippen LogP contribution is -2.28. The van der Waals surface area contributed by atoms with E-state index in [0.29, 0.717) is 18.8 Å². The maximum atomic E-state index is 12.1. The zero-order valence-corrected chi connectivity index (χ0v) is 13.1. The quantitative estimate of drug-likeness (QED) is 0.773. The number of amides is 1. The van der Waals surface area contributed by atoms with Gasteiger partial charge in [0, 0.05) is 30.9 Å². The summed E-state index contributed by atoms with van der Waals surface area (Å²) in [6.07, 6.45) is 3.69. The summed E-state index contributed by atoms with van der Waals surface area (Å²) in [7, 11) is 1.80. The maximum Gasteiger partial charge on any atom is 0.272 e. The number of carbonyl (C=O) groups is 1. The summed E-state index contributed by atoms with van der Waals surface area (Å²) < 4.78 is 3.35. The minimum atomic E-state index is -0.175. The van der Waals surface area contributed by atoms with Crippen LogP contribution in [0, 0.1) is 6.92 Å². The molecule has 1 aromatic carbocycles. The molecule has 3 aromatic rings. The molecular weight excluding hydrogens is 292 g/mol. The molecule has 0 aliphatic carbocycles. The highest BCUT2D eigenvalue weighted by atomic mass is 16.1. The number of aromatic nitrogens is 5. The van der Waals surface area contributed by atoms with Crippen molar-refractivity contribution in [2.24, 2.45) is 7.05 Å². The van der Waals surface area contributed by atoms with Gasteiger partial charge in [-0.05, 0) is 6.92 Å². The largest absolute Gasteiger partial charge is 0.349 e. The first-order chi connectivity index (χ1) is 11.1. The number of nitrogens with zero attached hydrogens (tertiary/aromatic N) is 5. The number of rotatable bonds is 5. The van der Waals surface area contributed by atoms with Gasteiger partial charge in [0.15, 0.2) is 5.69 Å². The van der Waals surface area contributed by atoms with Crippen LogP contribution in [0.25, 0.3) is 11.3 Å². The van der Waals surface area contributed by atoms with Gasteiger partial charge in [0.1, 0.15) is 5.69 Å². The smallest absolute Gasteiger partial charge is 0.272 e. The van der Waals surface area contributed by atoms with E-state index in [2.05, 4.69) is 20.7 Å². The van der Waals surface area contributed by atoms with E-state index in [1.54, 1.807) is 16.4 Å². The van der Waals surface area contributed by atoms with E-state index in [0.717, 1.165) is 16.8 Å². The van der Waals surface area contributed by atoms with Crippen molar-refractivity contribution in [3.63, 3.8) is 0 Å². The molecular formula is C16H18N6O. The molecule has 0 saturated heterocycles. The fourth-order valence-electron chi connectivity index (χ4n) is 2.35. The molecule has 0 unspecified atom stereocenters. The Hall–Kier alpha value is -2.96. The molecule has 0 aliphatic heterocycles. The summed E-state index contributed by atoms with van der Waals surface area (Å²) in [5, 5.41) is 15.2. The molecule has 0 bridgehead atoms. The summed E-state index contributed by atoms with van der Waals surface area (Å²) in [5.74, 6) is -0.175. The van der Waals surface area contributed by atoms with Gasteiger partial charge in [-0.2, -0.15) is 5.10 Å². The number of aryl methyl sites for hydroxylation is 2. The Morgan fingerprint density at radius 1 is 1.22 bits per heavy atom. The van der Waals surface area contributed by atoms with Crippen LogP contribution in [0.15, 0.2) is 42.7 Å². The third kappa shape index (κ3) is 3.45. The molecule has 1 N–H and O–H groups in total. The van der Waals surface area contributed by atoms with E-state index < -0.39 is 0 Å². The van der Waals surface area contributed by atoms with Crippen molar-refractivity contribution >= 4 is 5.91 Å². The van der Waals surface area contributed by atoms with Crippen molar-refractivity contribution in [2.45, 2.75) is 13.5 Å². The van der Waals surface area contributed by atoms with Gasteiger partial charge in [-0.1, -0.05) is 35.5 Å². The Bertz CT molecular complexity index is 805. The van der Waals surface area contributed by atoms with Gasteiger partial charge in [0.25, 0.3) is 5.91 Å². The molecule has 0 fully saturated rings. The lowest BCUT2D eigenvalue weighted by molar-refractivity contribution is 0.0945. The van der Waals surface area contributed by atoms with Crippen molar-refractivity contribution in [3.8, 4) is 11.3 Å². The Kier molecular flexibility index (Phi) is 4.18. The van der Waals surface area contributed by atoms with Crippen LogP contribution in [0.4, 0.5) is 0 Å². The van der Waals surface area contributed by atoms with Crippen molar-refractivity contribution in [3.05, 3.63) is 54.0 Å². The second-order valence-corrected chi connectivity index (χ2v) is 5.32. The van der Waals surface area contributed by atoms with Crippen LogP contribution in [-0.4, -0.2) is 37.2 Å². The van der Waals surface area contributed by atoms with Crippen molar-refractivity contribution in [1.29, 1.82) is 0 Å². The molecule has 23 heavy (non-hydrogen) atoms. The molecule has 118 valence electrons. The second-order valence-electron chi connectivity index (χ2n) is 5.32. The van der Waals surface area contributed by atoms with Crippen LogP contribution in [0.3, 0.4) is 0 Å². The van der Waals surface area contributed by atoms with Crippen LogP contribution < -0.4 is 5.32 Å². The van der Waals surface area contributed by atoms with Crippen LogP contribution in [0.5, 0.6) is 0 Å². The highest BCUT2D eigenvalue weighted by Gasteiger charge is 2.12. The third-order valence-electron chi connectivity index (χ3n) is 3.46. The van der Waals surface area contributed by atoms with E-state index in [9.17, 15) is 4.79 Å². The van der Waals surface area contributed by atoms with E-state index in [-0.39, 0.29) is 5.91 Å². The summed E-state index contributed by atoms with van der Waals surface area (Å²) >= 11 is 0. The van der Waals surface area contributed by atoms with Crippen LogP contribution in [0.2, 0.25) is 0 Å². The first-order valence-electron chi connectivity index (χ1n) is 7.37. The van der Waals surface area contributed by atoms with E-state index in [1.807, 2.05) is 49.6 Å². The summed E-state index contributed by atoms with van der Waals surface area (Å²) in [5.41, 5.74) is 3.15. The Morgan fingerprint density at radius 2 is 2.00 bits per heavy atom. The van der Waals surface area contributed by atoms with Crippen molar-refractivity contribution in [2.75, 3.05) is 6.54 Å². The van der Waals surface area contributed by atoms with Crippen LogP contribution >= 0.6 is 0 Å². The highest BCUT2D eigenvalue weighted by molar-refractivity contribution is 5.93. The van der Waals surface area contributed by atoms with Gasteiger partial charge in [0.2, 0.25) is 0 Å². The SMILES string of the molecule is Cc1cn(C)nc1C(=O)NCCn1cc(-c2ccccc2)nn1. The predicted octanol–water partition coefficient (Wildman–Crippen LogP) is 1.42. The second kappa shape index (κ2) is 6.43. The fourth-order valence-corrected chi connectivity index (χ4v) is 2.35. The number of hydrogen-bond acceptors (Lipinski definition) is 4. The highest BCUT2D eigenvalue weighted by Crippen LogP contribution is 2.14.